The molecular formula is C14H29KO4S. The minimum Gasteiger partial charge on any atom is -0.748 e. The first-order valence-electron chi connectivity index (χ1n) is 7.50. The van der Waals surface area contributed by atoms with Gasteiger partial charge in [-0.3, -0.25) is 0 Å². The van der Waals surface area contributed by atoms with E-state index in [2.05, 4.69) is 6.92 Å². The van der Waals surface area contributed by atoms with Crippen LogP contribution in [0.3, 0.4) is 0 Å². The van der Waals surface area contributed by atoms with E-state index in [1.165, 1.54) is 32.6 Å². The van der Waals surface area contributed by atoms with Crippen LogP contribution >= 0.6 is 0 Å². The molecule has 0 aliphatic carbocycles. The summed E-state index contributed by atoms with van der Waals surface area (Å²) in [7, 11) is -4.14. The van der Waals surface area contributed by atoms with Crippen LogP contribution in [0.5, 0.6) is 0 Å². The Kier molecular flexibility index (Phi) is 16.8. The molecule has 0 heterocycles. The minimum atomic E-state index is -4.14. The van der Waals surface area contributed by atoms with Crippen molar-refractivity contribution in [3.05, 3.63) is 0 Å². The number of unbranched alkanes of at least 4 members (excludes halogenated alkanes) is 5. The van der Waals surface area contributed by atoms with Gasteiger partial charge in [0.1, 0.15) is 0 Å². The van der Waals surface area contributed by atoms with E-state index in [1.54, 1.807) is 0 Å². The van der Waals surface area contributed by atoms with Crippen molar-refractivity contribution < 1.29 is 69.5 Å². The smallest absolute Gasteiger partial charge is 0.748 e. The summed E-state index contributed by atoms with van der Waals surface area (Å²) < 4.78 is 32.0. The van der Waals surface area contributed by atoms with Crippen LogP contribution in [0.4, 0.5) is 0 Å². The second-order valence-electron chi connectivity index (χ2n) is 5.44. The molecule has 6 heteroatoms. The maximum atomic E-state index is 10.7. The summed E-state index contributed by atoms with van der Waals surface area (Å²) in [6.07, 6.45) is 9.10. The zero-order valence-electron chi connectivity index (χ0n) is 13.3. The van der Waals surface area contributed by atoms with Crippen LogP contribution in [0, 0.1) is 0 Å². The largest absolute Gasteiger partial charge is 1.00 e. The molecule has 0 radical (unpaired) electrons. The Balaban J connectivity index is 0. The number of hydrogen-bond acceptors (Lipinski definition) is 4. The van der Waals surface area contributed by atoms with Crippen molar-refractivity contribution in [3.63, 3.8) is 0 Å². The van der Waals surface area contributed by atoms with Crippen molar-refractivity contribution in [2.45, 2.75) is 89.4 Å². The van der Waals surface area contributed by atoms with Gasteiger partial charge >= 0.3 is 51.4 Å². The van der Waals surface area contributed by atoms with Gasteiger partial charge < -0.3 is 9.66 Å². The van der Waals surface area contributed by atoms with Crippen molar-refractivity contribution in [3.8, 4) is 0 Å². The molecule has 0 aromatic carbocycles. The number of aliphatic hydroxyl groups is 1. The second-order valence-corrected chi connectivity index (χ2v) is 7.23. The summed E-state index contributed by atoms with van der Waals surface area (Å²) in [5.41, 5.74) is 0. The van der Waals surface area contributed by atoms with Crippen molar-refractivity contribution >= 4 is 10.1 Å². The van der Waals surface area contributed by atoms with Crippen molar-refractivity contribution in [2.75, 3.05) is 0 Å². The zero-order chi connectivity index (χ0) is 14.7. The molecule has 0 aromatic heterocycles. The minimum absolute atomic E-state index is 0. The Morgan fingerprint density at radius 1 is 0.950 bits per heavy atom. The standard InChI is InChI=1S/C14H30O4S.K/c1-3-4-5-6-7-11-14(15)12-9-8-10-13(2)19(16,17)18;/h13-15H,3-12H2,1-2H3,(H,16,17,18);/q;+1/p-1. The molecule has 1 N–H and O–H groups in total. The van der Waals surface area contributed by atoms with Gasteiger partial charge in [-0.25, -0.2) is 8.42 Å². The van der Waals surface area contributed by atoms with Crippen LogP contribution in [0.2, 0.25) is 0 Å². The third-order valence-electron chi connectivity index (χ3n) is 3.53. The van der Waals surface area contributed by atoms with Gasteiger partial charge in [-0.1, -0.05) is 51.9 Å². The Morgan fingerprint density at radius 3 is 1.90 bits per heavy atom. The predicted octanol–water partition coefficient (Wildman–Crippen LogP) is 0.206. The molecule has 0 fully saturated rings. The molecular weight excluding hydrogens is 303 g/mol. The van der Waals surface area contributed by atoms with Crippen molar-refractivity contribution in [2.24, 2.45) is 0 Å². The van der Waals surface area contributed by atoms with Crippen LogP contribution in [0.25, 0.3) is 0 Å². The summed E-state index contributed by atoms with van der Waals surface area (Å²) in [6, 6.07) is 0. The number of aliphatic hydroxyl groups excluding tert-OH is 1. The topological polar surface area (TPSA) is 77.4 Å². The third kappa shape index (κ3) is 14.4. The molecule has 2 atom stereocenters. The molecule has 0 aliphatic heterocycles. The number of hydrogen-bond donors (Lipinski definition) is 1. The summed E-state index contributed by atoms with van der Waals surface area (Å²) in [5, 5.41) is 8.94. The third-order valence-corrected chi connectivity index (χ3v) is 4.75. The van der Waals surface area contributed by atoms with Gasteiger partial charge in [0.25, 0.3) is 0 Å². The van der Waals surface area contributed by atoms with E-state index in [9.17, 15) is 18.1 Å². The zero-order valence-corrected chi connectivity index (χ0v) is 17.2. The van der Waals surface area contributed by atoms with E-state index in [-0.39, 0.29) is 57.5 Å². The fourth-order valence-corrected chi connectivity index (χ4v) is 2.54. The van der Waals surface area contributed by atoms with Crippen molar-refractivity contribution in [1.82, 2.24) is 0 Å². The summed E-state index contributed by atoms with van der Waals surface area (Å²) in [6.45, 7) is 3.63. The molecule has 20 heavy (non-hydrogen) atoms. The fraction of sp³-hybridized carbons (Fsp3) is 1.00. The summed E-state index contributed by atoms with van der Waals surface area (Å²) >= 11 is 0. The first kappa shape index (κ1) is 23.8. The van der Waals surface area contributed by atoms with Gasteiger partial charge in [0.2, 0.25) is 0 Å². The molecule has 2 unspecified atom stereocenters. The van der Waals surface area contributed by atoms with E-state index >= 15 is 0 Å². The summed E-state index contributed by atoms with van der Waals surface area (Å²) in [4.78, 5) is 0. The monoisotopic (exact) mass is 332 g/mol. The van der Waals surface area contributed by atoms with Gasteiger partial charge in [0.05, 0.1) is 16.2 Å². The van der Waals surface area contributed by atoms with Crippen LogP contribution < -0.4 is 51.4 Å². The molecule has 116 valence electrons. The molecule has 0 saturated carbocycles. The predicted molar refractivity (Wildman–Crippen MR) is 77.0 cm³/mol. The molecule has 0 rings (SSSR count). The average Bonchev–Trinajstić information content (AvgIpc) is 2.33. The molecule has 0 saturated heterocycles. The van der Waals surface area contributed by atoms with Gasteiger partial charge in [-0.2, -0.15) is 0 Å². The fourth-order valence-electron chi connectivity index (χ4n) is 2.08. The molecule has 0 amide bonds. The Morgan fingerprint density at radius 2 is 1.40 bits per heavy atom. The quantitative estimate of drug-likeness (QED) is 0.315. The van der Waals surface area contributed by atoms with Gasteiger partial charge in [0, 0.05) is 5.25 Å². The Labute approximate surface area is 167 Å². The SMILES string of the molecule is CCCCCCCC(O)CCCCC(C)S(=O)(=O)[O-].[K+]. The van der Waals surface area contributed by atoms with Gasteiger partial charge in [-0.05, 0) is 26.2 Å². The van der Waals surface area contributed by atoms with Gasteiger partial charge in [-0.15, -0.1) is 0 Å². The maximum absolute atomic E-state index is 10.7. The second kappa shape index (κ2) is 14.1. The molecule has 0 aromatic rings. The van der Waals surface area contributed by atoms with Crippen LogP contribution in [-0.2, 0) is 10.1 Å². The van der Waals surface area contributed by atoms with E-state index in [0.717, 1.165) is 19.3 Å². The first-order chi connectivity index (χ1) is 8.88. The van der Waals surface area contributed by atoms with Crippen LogP contribution in [0.1, 0.15) is 78.1 Å². The molecule has 4 nitrogen and oxygen atoms in total. The Bertz CT molecular complexity index is 306. The number of rotatable bonds is 12. The molecule has 0 aliphatic rings. The van der Waals surface area contributed by atoms with Crippen LogP contribution in [-0.4, -0.2) is 29.4 Å². The van der Waals surface area contributed by atoms with E-state index < -0.39 is 15.4 Å². The van der Waals surface area contributed by atoms with Gasteiger partial charge in [0.15, 0.2) is 0 Å². The van der Waals surface area contributed by atoms with Crippen molar-refractivity contribution in [1.29, 1.82) is 0 Å². The van der Waals surface area contributed by atoms with E-state index in [0.29, 0.717) is 19.3 Å². The van der Waals surface area contributed by atoms with Crippen LogP contribution in [0.15, 0.2) is 0 Å². The van der Waals surface area contributed by atoms with E-state index in [4.69, 9.17) is 0 Å². The maximum Gasteiger partial charge on any atom is 1.00 e. The first-order valence-corrected chi connectivity index (χ1v) is 8.97. The molecule has 0 spiro atoms. The van der Waals surface area contributed by atoms with E-state index in [1.807, 2.05) is 0 Å². The summed E-state index contributed by atoms with van der Waals surface area (Å²) in [5.74, 6) is 0. The average molecular weight is 333 g/mol. The molecule has 0 bridgehead atoms. The Hall–Kier alpha value is 1.51. The normalized spacial score (nSPS) is 14.6.